The van der Waals surface area contributed by atoms with Crippen molar-refractivity contribution in [2.75, 3.05) is 45.9 Å². The minimum Gasteiger partial charge on any atom is -0.380 e. The van der Waals surface area contributed by atoms with Crippen molar-refractivity contribution in [2.24, 2.45) is 0 Å². The molecule has 0 rings (SSSR count). The Balaban J connectivity index is 3.25. The number of hydrogen-bond acceptors (Lipinski definition) is 3. The lowest BCUT2D eigenvalue weighted by Crippen LogP contribution is -2.34. The molecule has 0 bridgehead atoms. The lowest BCUT2D eigenvalue weighted by atomic mass is 10.2. The fourth-order valence-electron chi connectivity index (χ4n) is 1.80. The van der Waals surface area contributed by atoms with Gasteiger partial charge in [0.15, 0.2) is 0 Å². The number of ether oxygens (including phenoxy) is 1. The molecule has 0 unspecified atom stereocenters. The van der Waals surface area contributed by atoms with E-state index < -0.39 is 0 Å². The summed E-state index contributed by atoms with van der Waals surface area (Å²) in [7, 11) is 0. The molecule has 0 atom stereocenters. The van der Waals surface area contributed by atoms with Crippen molar-refractivity contribution >= 4 is 0 Å². The van der Waals surface area contributed by atoms with Crippen LogP contribution in [0.3, 0.4) is 0 Å². The largest absolute Gasteiger partial charge is 0.380 e. The van der Waals surface area contributed by atoms with Gasteiger partial charge in [0.2, 0.25) is 0 Å². The Kier molecular flexibility index (Phi) is 13.8. The monoisotopic (exact) mass is 244 g/mol. The summed E-state index contributed by atoms with van der Waals surface area (Å²) >= 11 is 0. The maximum atomic E-state index is 5.38. The minimum atomic E-state index is 0.827. The van der Waals surface area contributed by atoms with Crippen LogP contribution in [0.15, 0.2) is 0 Å². The molecule has 0 radical (unpaired) electrons. The number of rotatable bonds is 13. The van der Waals surface area contributed by atoms with Crippen molar-refractivity contribution in [3.63, 3.8) is 0 Å². The van der Waals surface area contributed by atoms with Crippen LogP contribution in [0.25, 0.3) is 0 Å². The molecular formula is C14H32N2O. The van der Waals surface area contributed by atoms with Gasteiger partial charge < -0.3 is 15.0 Å². The van der Waals surface area contributed by atoms with E-state index in [1.165, 1.54) is 32.2 Å². The first-order chi connectivity index (χ1) is 8.35. The number of nitrogens with zero attached hydrogens (tertiary/aromatic N) is 1. The van der Waals surface area contributed by atoms with Crippen molar-refractivity contribution < 1.29 is 4.74 Å². The summed E-state index contributed by atoms with van der Waals surface area (Å²) in [5.74, 6) is 0. The molecule has 3 heteroatoms. The first-order valence-electron chi connectivity index (χ1n) is 7.35. The highest BCUT2D eigenvalue weighted by Crippen LogP contribution is 1.96. The van der Waals surface area contributed by atoms with Crippen molar-refractivity contribution in [3.8, 4) is 0 Å². The van der Waals surface area contributed by atoms with Crippen molar-refractivity contribution in [2.45, 2.75) is 46.5 Å². The summed E-state index contributed by atoms with van der Waals surface area (Å²) in [6.07, 6.45) is 5.38. The van der Waals surface area contributed by atoms with Gasteiger partial charge in [0.1, 0.15) is 0 Å². The lowest BCUT2D eigenvalue weighted by Gasteiger charge is -2.20. The van der Waals surface area contributed by atoms with Crippen LogP contribution >= 0.6 is 0 Å². The van der Waals surface area contributed by atoms with Gasteiger partial charge in [-0.15, -0.1) is 0 Å². The van der Waals surface area contributed by atoms with E-state index in [1.54, 1.807) is 0 Å². The molecule has 0 aromatic rings. The van der Waals surface area contributed by atoms with Gasteiger partial charge in [-0.3, -0.25) is 0 Å². The number of likely N-dealkylation sites (N-methyl/N-ethyl adjacent to an activating group) is 1. The van der Waals surface area contributed by atoms with E-state index in [0.717, 1.165) is 39.4 Å². The predicted octanol–water partition coefficient (Wildman–Crippen LogP) is 2.51. The first-order valence-corrected chi connectivity index (χ1v) is 7.35. The van der Waals surface area contributed by atoms with Crippen LogP contribution in [0.5, 0.6) is 0 Å². The fraction of sp³-hybridized carbons (Fsp3) is 1.00. The van der Waals surface area contributed by atoms with E-state index in [0.29, 0.717) is 0 Å². The molecule has 0 aliphatic carbocycles. The highest BCUT2D eigenvalue weighted by atomic mass is 16.5. The summed E-state index contributed by atoms with van der Waals surface area (Å²) in [5, 5.41) is 3.52. The van der Waals surface area contributed by atoms with Crippen LogP contribution in [0.4, 0.5) is 0 Å². The van der Waals surface area contributed by atoms with Crippen LogP contribution < -0.4 is 5.32 Å². The van der Waals surface area contributed by atoms with E-state index in [2.05, 4.69) is 24.1 Å². The van der Waals surface area contributed by atoms with Gasteiger partial charge in [-0.05, 0) is 26.4 Å². The molecular weight excluding hydrogens is 212 g/mol. The Labute approximate surface area is 108 Å². The van der Waals surface area contributed by atoms with Crippen LogP contribution in [0.2, 0.25) is 0 Å². The smallest absolute Gasteiger partial charge is 0.0593 e. The Morgan fingerprint density at radius 3 is 2.41 bits per heavy atom. The maximum absolute atomic E-state index is 5.38. The zero-order valence-corrected chi connectivity index (χ0v) is 12.1. The predicted molar refractivity (Wildman–Crippen MR) is 75.6 cm³/mol. The summed E-state index contributed by atoms with van der Waals surface area (Å²) in [6, 6.07) is 0. The van der Waals surface area contributed by atoms with Gasteiger partial charge in [-0.25, -0.2) is 0 Å². The van der Waals surface area contributed by atoms with Crippen molar-refractivity contribution in [1.29, 1.82) is 0 Å². The average Bonchev–Trinajstić information content (AvgIpc) is 2.35. The third-order valence-electron chi connectivity index (χ3n) is 3.02. The zero-order valence-electron chi connectivity index (χ0n) is 12.1. The summed E-state index contributed by atoms with van der Waals surface area (Å²) < 4.78 is 5.38. The Hall–Kier alpha value is -0.120. The molecule has 0 saturated carbocycles. The Morgan fingerprint density at radius 1 is 0.941 bits per heavy atom. The molecule has 1 N–H and O–H groups in total. The normalized spacial score (nSPS) is 11.3. The lowest BCUT2D eigenvalue weighted by molar-refractivity contribution is 0.115. The van der Waals surface area contributed by atoms with Crippen LogP contribution in [0.1, 0.15) is 46.5 Å². The number of unbranched alkanes of at least 4 members (excludes halogenated alkanes) is 3. The van der Waals surface area contributed by atoms with Gasteiger partial charge >= 0.3 is 0 Å². The van der Waals surface area contributed by atoms with E-state index >= 15 is 0 Å². The molecule has 3 nitrogen and oxygen atoms in total. The van der Waals surface area contributed by atoms with Gasteiger partial charge in [-0.1, -0.05) is 33.1 Å². The molecule has 0 fully saturated rings. The molecule has 0 heterocycles. The molecule has 0 aliphatic rings. The van der Waals surface area contributed by atoms with Gasteiger partial charge in [-0.2, -0.15) is 0 Å². The second-order valence-corrected chi connectivity index (χ2v) is 4.44. The summed E-state index contributed by atoms with van der Waals surface area (Å²) in [6.45, 7) is 13.8. The van der Waals surface area contributed by atoms with Gasteiger partial charge in [0.05, 0.1) is 6.61 Å². The molecule has 0 saturated heterocycles. The summed E-state index contributed by atoms with van der Waals surface area (Å²) in [5.41, 5.74) is 0. The SMILES string of the molecule is CCCCCCNCCN(CC)CCOCC. The molecule has 0 aromatic carbocycles. The average molecular weight is 244 g/mol. The van der Waals surface area contributed by atoms with Crippen molar-refractivity contribution in [1.82, 2.24) is 10.2 Å². The van der Waals surface area contributed by atoms with Crippen LogP contribution in [0, 0.1) is 0 Å². The van der Waals surface area contributed by atoms with E-state index in [9.17, 15) is 0 Å². The molecule has 0 aromatic heterocycles. The topological polar surface area (TPSA) is 24.5 Å². The Morgan fingerprint density at radius 2 is 1.76 bits per heavy atom. The first kappa shape index (κ1) is 16.9. The van der Waals surface area contributed by atoms with Crippen LogP contribution in [-0.2, 0) is 4.74 Å². The molecule has 104 valence electrons. The van der Waals surface area contributed by atoms with E-state index in [1.807, 2.05) is 6.92 Å². The van der Waals surface area contributed by atoms with Gasteiger partial charge in [0.25, 0.3) is 0 Å². The van der Waals surface area contributed by atoms with E-state index in [-0.39, 0.29) is 0 Å². The van der Waals surface area contributed by atoms with Crippen molar-refractivity contribution in [3.05, 3.63) is 0 Å². The zero-order chi connectivity index (χ0) is 12.8. The van der Waals surface area contributed by atoms with E-state index in [4.69, 9.17) is 4.74 Å². The Bertz CT molecular complexity index is 142. The van der Waals surface area contributed by atoms with Gasteiger partial charge in [0, 0.05) is 26.2 Å². The highest BCUT2D eigenvalue weighted by molar-refractivity contribution is 4.58. The second kappa shape index (κ2) is 13.9. The fourth-order valence-corrected chi connectivity index (χ4v) is 1.80. The molecule has 0 amide bonds. The minimum absolute atomic E-state index is 0.827. The maximum Gasteiger partial charge on any atom is 0.0593 e. The standard InChI is InChI=1S/C14H32N2O/c1-4-7-8-9-10-15-11-12-16(5-2)13-14-17-6-3/h15H,4-14H2,1-3H3. The number of nitrogens with one attached hydrogen (secondary N) is 1. The highest BCUT2D eigenvalue weighted by Gasteiger charge is 2.00. The third-order valence-corrected chi connectivity index (χ3v) is 3.02. The number of hydrogen-bond donors (Lipinski definition) is 1. The molecule has 0 aliphatic heterocycles. The quantitative estimate of drug-likeness (QED) is 0.504. The second-order valence-electron chi connectivity index (χ2n) is 4.44. The molecule has 17 heavy (non-hydrogen) atoms. The molecule has 0 spiro atoms. The summed E-state index contributed by atoms with van der Waals surface area (Å²) in [4.78, 5) is 2.44. The third kappa shape index (κ3) is 12.1. The van der Waals surface area contributed by atoms with Crippen LogP contribution in [-0.4, -0.2) is 50.8 Å².